The molecule has 41 heavy (non-hydrogen) atoms. The Morgan fingerprint density at radius 2 is 1.51 bits per heavy atom. The van der Waals surface area contributed by atoms with Crippen molar-refractivity contribution in [3.63, 3.8) is 0 Å². The van der Waals surface area contributed by atoms with Gasteiger partial charge in [0.25, 0.3) is 5.91 Å². The summed E-state index contributed by atoms with van der Waals surface area (Å²) in [6.45, 7) is 2.22. The molecule has 8 heteroatoms. The predicted octanol–water partition coefficient (Wildman–Crippen LogP) is 6.42. The van der Waals surface area contributed by atoms with Crippen LogP contribution in [0, 0.1) is 0 Å². The van der Waals surface area contributed by atoms with Crippen molar-refractivity contribution in [2.75, 3.05) is 5.32 Å². The third-order valence-corrected chi connectivity index (χ3v) is 7.27. The SMILES string of the molecule is O=C(Nc1ccc(CN(Cc2ccccc2)C(=O)OC2CCCCC2)cc1)c1ccc(CNCc2ncc[nH]2)cc1. The maximum absolute atomic E-state index is 13.2. The number of ether oxygens (including phenoxy) is 1. The van der Waals surface area contributed by atoms with Crippen molar-refractivity contribution in [1.29, 1.82) is 0 Å². The monoisotopic (exact) mass is 551 g/mol. The second-order valence-electron chi connectivity index (χ2n) is 10.5. The molecule has 0 spiro atoms. The Hall–Kier alpha value is -4.43. The Kier molecular flexibility index (Phi) is 9.79. The first-order valence-corrected chi connectivity index (χ1v) is 14.3. The third-order valence-electron chi connectivity index (χ3n) is 7.27. The second kappa shape index (κ2) is 14.3. The fourth-order valence-electron chi connectivity index (χ4n) is 5.00. The molecule has 0 bridgehead atoms. The Bertz CT molecular complexity index is 1370. The number of nitrogens with zero attached hydrogens (tertiary/aromatic N) is 2. The molecule has 3 aromatic carbocycles. The van der Waals surface area contributed by atoms with Gasteiger partial charge in [-0.1, -0.05) is 61.0 Å². The van der Waals surface area contributed by atoms with E-state index in [1.165, 1.54) is 6.42 Å². The molecule has 1 aliphatic rings. The summed E-state index contributed by atoms with van der Waals surface area (Å²) in [7, 11) is 0. The Morgan fingerprint density at radius 3 is 2.20 bits per heavy atom. The normalized spacial score (nSPS) is 13.5. The number of benzene rings is 3. The largest absolute Gasteiger partial charge is 0.446 e. The number of carbonyl (C=O) groups excluding carboxylic acids is 2. The molecule has 4 aromatic rings. The summed E-state index contributed by atoms with van der Waals surface area (Å²) in [5, 5.41) is 6.29. The van der Waals surface area contributed by atoms with Crippen LogP contribution in [-0.2, 0) is 30.9 Å². The zero-order valence-corrected chi connectivity index (χ0v) is 23.2. The van der Waals surface area contributed by atoms with E-state index in [2.05, 4.69) is 20.6 Å². The number of imidazole rings is 1. The summed E-state index contributed by atoms with van der Waals surface area (Å²) in [6, 6.07) is 25.1. The lowest BCUT2D eigenvalue weighted by atomic mass is 9.98. The minimum atomic E-state index is -0.280. The molecule has 0 radical (unpaired) electrons. The van der Waals surface area contributed by atoms with E-state index < -0.39 is 0 Å². The van der Waals surface area contributed by atoms with Gasteiger partial charge in [-0.05, 0) is 66.6 Å². The molecular formula is C33H37N5O3. The zero-order chi connectivity index (χ0) is 28.3. The standard InChI is InChI=1S/C33H37N5O3/c39-32(28-15-11-25(12-16-28)21-34-22-31-35-19-20-36-31)37-29-17-13-27(14-18-29)24-38(23-26-7-3-1-4-8-26)33(40)41-30-9-5-2-6-10-30/h1,3-4,7-8,11-20,30,34H,2,5-6,9-10,21-24H2,(H,35,36)(H,37,39). The molecule has 1 fully saturated rings. The summed E-state index contributed by atoms with van der Waals surface area (Å²) >= 11 is 0. The van der Waals surface area contributed by atoms with Crippen LogP contribution < -0.4 is 10.6 Å². The number of rotatable bonds is 11. The fraction of sp³-hybridized carbons (Fsp3) is 0.303. The number of aromatic nitrogens is 2. The van der Waals surface area contributed by atoms with E-state index in [9.17, 15) is 9.59 Å². The van der Waals surface area contributed by atoms with Gasteiger partial charge in [0.15, 0.2) is 0 Å². The van der Waals surface area contributed by atoms with Crippen molar-refractivity contribution in [3.8, 4) is 0 Å². The number of hydrogen-bond donors (Lipinski definition) is 3. The minimum Gasteiger partial charge on any atom is -0.446 e. The van der Waals surface area contributed by atoms with Gasteiger partial charge < -0.3 is 20.4 Å². The van der Waals surface area contributed by atoms with Crippen molar-refractivity contribution < 1.29 is 14.3 Å². The van der Waals surface area contributed by atoms with E-state index in [-0.39, 0.29) is 18.1 Å². The highest BCUT2D eigenvalue weighted by Gasteiger charge is 2.22. The van der Waals surface area contributed by atoms with Gasteiger partial charge in [0, 0.05) is 43.3 Å². The maximum Gasteiger partial charge on any atom is 0.410 e. The average Bonchev–Trinajstić information content (AvgIpc) is 3.53. The van der Waals surface area contributed by atoms with Crippen LogP contribution in [0.2, 0.25) is 0 Å². The zero-order valence-electron chi connectivity index (χ0n) is 23.2. The second-order valence-corrected chi connectivity index (χ2v) is 10.5. The van der Waals surface area contributed by atoms with Crippen LogP contribution in [0.15, 0.2) is 91.3 Å². The first kappa shape index (κ1) is 28.1. The van der Waals surface area contributed by atoms with Gasteiger partial charge in [0.2, 0.25) is 0 Å². The van der Waals surface area contributed by atoms with E-state index >= 15 is 0 Å². The molecule has 8 nitrogen and oxygen atoms in total. The molecule has 0 saturated heterocycles. The quantitative estimate of drug-likeness (QED) is 0.200. The van der Waals surface area contributed by atoms with E-state index in [4.69, 9.17) is 4.74 Å². The number of hydrogen-bond acceptors (Lipinski definition) is 5. The van der Waals surface area contributed by atoms with Crippen LogP contribution in [0.4, 0.5) is 10.5 Å². The molecule has 0 aliphatic heterocycles. The molecule has 1 saturated carbocycles. The minimum absolute atomic E-state index is 0.000771. The van der Waals surface area contributed by atoms with Crippen LogP contribution in [0.1, 0.15) is 65.0 Å². The van der Waals surface area contributed by atoms with Gasteiger partial charge in [-0.25, -0.2) is 9.78 Å². The van der Waals surface area contributed by atoms with Crippen molar-refractivity contribution >= 4 is 17.7 Å². The van der Waals surface area contributed by atoms with Crippen LogP contribution >= 0.6 is 0 Å². The van der Waals surface area contributed by atoms with Crippen molar-refractivity contribution in [2.45, 2.75) is 64.4 Å². The third kappa shape index (κ3) is 8.53. The van der Waals surface area contributed by atoms with E-state index in [0.717, 1.165) is 48.2 Å². The Balaban J connectivity index is 1.15. The summed E-state index contributed by atoms with van der Waals surface area (Å²) in [5.41, 5.74) is 4.38. The van der Waals surface area contributed by atoms with E-state index in [1.807, 2.05) is 78.9 Å². The maximum atomic E-state index is 13.2. The lowest BCUT2D eigenvalue weighted by molar-refractivity contribution is 0.0421. The lowest BCUT2D eigenvalue weighted by Gasteiger charge is -2.27. The molecule has 1 aromatic heterocycles. The molecule has 2 amide bonds. The number of aromatic amines is 1. The number of carbonyl (C=O) groups is 2. The summed E-state index contributed by atoms with van der Waals surface area (Å²) in [4.78, 5) is 35.0. The van der Waals surface area contributed by atoms with Crippen LogP contribution in [0.3, 0.4) is 0 Å². The molecule has 1 heterocycles. The number of anilines is 1. The lowest BCUT2D eigenvalue weighted by Crippen LogP contribution is -2.34. The average molecular weight is 552 g/mol. The topological polar surface area (TPSA) is 99.3 Å². The molecule has 3 N–H and O–H groups in total. The van der Waals surface area contributed by atoms with Gasteiger partial charge >= 0.3 is 6.09 Å². The Morgan fingerprint density at radius 1 is 0.829 bits per heavy atom. The molecule has 0 atom stereocenters. The van der Waals surface area contributed by atoms with Gasteiger partial charge in [-0.3, -0.25) is 9.69 Å². The van der Waals surface area contributed by atoms with E-state index in [0.29, 0.717) is 37.4 Å². The molecule has 5 rings (SSSR count). The van der Waals surface area contributed by atoms with Gasteiger partial charge in [-0.2, -0.15) is 0 Å². The molecule has 0 unspecified atom stereocenters. The fourth-order valence-corrected chi connectivity index (χ4v) is 5.00. The first-order chi connectivity index (χ1) is 20.1. The van der Waals surface area contributed by atoms with Crippen LogP contribution in [0.5, 0.6) is 0 Å². The number of amides is 2. The number of nitrogens with one attached hydrogen (secondary N) is 3. The van der Waals surface area contributed by atoms with Crippen molar-refractivity contribution in [2.24, 2.45) is 0 Å². The molecule has 1 aliphatic carbocycles. The van der Waals surface area contributed by atoms with Crippen LogP contribution in [0.25, 0.3) is 0 Å². The van der Waals surface area contributed by atoms with Gasteiger partial charge in [-0.15, -0.1) is 0 Å². The first-order valence-electron chi connectivity index (χ1n) is 14.3. The van der Waals surface area contributed by atoms with Gasteiger partial charge in [0.1, 0.15) is 11.9 Å². The molecular weight excluding hydrogens is 514 g/mol. The summed E-state index contributed by atoms with van der Waals surface area (Å²) < 4.78 is 5.89. The summed E-state index contributed by atoms with van der Waals surface area (Å²) in [6.07, 6.45) is 8.54. The highest BCUT2D eigenvalue weighted by Crippen LogP contribution is 2.22. The summed E-state index contributed by atoms with van der Waals surface area (Å²) in [5.74, 6) is 0.713. The smallest absolute Gasteiger partial charge is 0.410 e. The Labute approximate surface area is 241 Å². The van der Waals surface area contributed by atoms with Crippen LogP contribution in [-0.4, -0.2) is 33.0 Å². The van der Waals surface area contributed by atoms with Gasteiger partial charge in [0.05, 0.1) is 6.54 Å². The van der Waals surface area contributed by atoms with Crippen molar-refractivity contribution in [3.05, 3.63) is 119 Å². The van der Waals surface area contributed by atoms with Crippen molar-refractivity contribution in [1.82, 2.24) is 20.2 Å². The predicted molar refractivity (Wildman–Crippen MR) is 159 cm³/mol. The highest BCUT2D eigenvalue weighted by molar-refractivity contribution is 6.04. The molecule has 212 valence electrons. The number of H-pyrrole nitrogens is 1. The van der Waals surface area contributed by atoms with E-state index in [1.54, 1.807) is 17.3 Å². The highest BCUT2D eigenvalue weighted by atomic mass is 16.6.